The van der Waals surface area contributed by atoms with Crippen LogP contribution in [0.2, 0.25) is 0 Å². The van der Waals surface area contributed by atoms with Crippen LogP contribution in [-0.4, -0.2) is 21.6 Å². The van der Waals surface area contributed by atoms with E-state index >= 15 is 0 Å². The number of hydrogen-bond acceptors (Lipinski definition) is 4. The predicted molar refractivity (Wildman–Crippen MR) is 226 cm³/mol. The van der Waals surface area contributed by atoms with Crippen LogP contribution in [0.5, 0.6) is 0 Å². The summed E-state index contributed by atoms with van der Waals surface area (Å²) in [5.41, 5.74) is 0. The van der Waals surface area contributed by atoms with E-state index in [1.54, 1.807) is 0 Å². The lowest BCUT2D eigenvalue weighted by atomic mass is 9.99. The Morgan fingerprint density at radius 3 is 0.686 bits per heavy atom. The second-order valence-corrected chi connectivity index (χ2v) is 18.0. The molecule has 0 fully saturated rings. The highest BCUT2D eigenvalue weighted by atomic mass is 32.3. The quantitative estimate of drug-likeness (QED) is 0.0583. The Bertz CT molecular complexity index is 698. The van der Waals surface area contributed by atoms with Gasteiger partial charge in [0.2, 0.25) is 0 Å². The normalized spacial score (nSPS) is 13.3. The highest BCUT2D eigenvalue weighted by Crippen LogP contribution is 2.18. The zero-order chi connectivity index (χ0) is 37.4. The van der Waals surface area contributed by atoms with E-state index in [2.05, 4.69) is 27.7 Å². The van der Waals surface area contributed by atoms with Crippen LogP contribution >= 0.6 is 0 Å². The summed E-state index contributed by atoms with van der Waals surface area (Å²) >= 11 is 0. The minimum absolute atomic E-state index is 0.249. The topological polar surface area (TPSA) is 52.6 Å². The maximum absolute atomic E-state index is 12.0. The summed E-state index contributed by atoms with van der Waals surface area (Å²) in [5.74, 6) is 1.84. The highest BCUT2D eigenvalue weighted by Gasteiger charge is 2.11. The second-order valence-electron chi connectivity index (χ2n) is 16.7. The Morgan fingerprint density at radius 2 is 0.490 bits per heavy atom. The molecule has 0 rings (SSSR count). The molecule has 51 heavy (non-hydrogen) atoms. The molecule has 0 bridgehead atoms. The van der Waals surface area contributed by atoms with Crippen LogP contribution in [-0.2, 0) is 18.8 Å². The van der Waals surface area contributed by atoms with Gasteiger partial charge in [0.1, 0.15) is 0 Å². The SMILES string of the molecule is CCC(C)CCCCCCCCCCCCCCCCCCCOS(=O)(=O)OCCCCCCCCCCCCCCCCCCCC(C)CC. The van der Waals surface area contributed by atoms with E-state index in [1.807, 2.05) is 0 Å². The largest absolute Gasteiger partial charge is 0.399 e. The molecule has 0 aromatic heterocycles. The van der Waals surface area contributed by atoms with Crippen LogP contribution in [0.25, 0.3) is 0 Å². The summed E-state index contributed by atoms with van der Waals surface area (Å²) in [5, 5.41) is 0. The van der Waals surface area contributed by atoms with Crippen molar-refractivity contribution in [2.75, 3.05) is 13.2 Å². The molecule has 0 saturated heterocycles. The third kappa shape index (κ3) is 42.5. The molecule has 0 N–H and O–H groups in total. The maximum atomic E-state index is 12.0. The van der Waals surface area contributed by atoms with E-state index in [-0.39, 0.29) is 13.2 Å². The van der Waals surface area contributed by atoms with Crippen LogP contribution in [0, 0.1) is 11.8 Å². The standard InChI is InChI=1S/C46H94O4S/c1-5-45(3)41-37-33-29-25-21-17-13-9-7-11-15-19-23-27-31-35-39-43-49-51(47,48)50-44-40-36-32-28-24-20-16-12-8-10-14-18-22-26-30-34-38-42-46(4)6-2/h45-46H,5-44H2,1-4H3. The fraction of sp³-hybridized carbons (Fsp3) is 1.00. The van der Waals surface area contributed by atoms with Gasteiger partial charge in [-0.05, 0) is 24.7 Å². The van der Waals surface area contributed by atoms with Gasteiger partial charge in [0.25, 0.3) is 0 Å². The van der Waals surface area contributed by atoms with E-state index in [0.717, 1.165) is 37.5 Å². The molecule has 0 aliphatic heterocycles. The molecular formula is C46H94O4S. The second kappa shape index (κ2) is 41.0. The summed E-state index contributed by atoms with van der Waals surface area (Å²) < 4.78 is 34.1. The molecule has 0 spiro atoms. The fourth-order valence-corrected chi connectivity index (χ4v) is 7.97. The Morgan fingerprint density at radius 1 is 0.314 bits per heavy atom. The van der Waals surface area contributed by atoms with E-state index in [1.165, 1.54) is 218 Å². The first-order chi connectivity index (χ1) is 24.9. The molecule has 0 radical (unpaired) electrons. The number of rotatable bonds is 44. The van der Waals surface area contributed by atoms with Crippen molar-refractivity contribution in [2.45, 2.75) is 272 Å². The Labute approximate surface area is 322 Å². The Hall–Kier alpha value is -0.130. The molecule has 0 heterocycles. The van der Waals surface area contributed by atoms with E-state index in [4.69, 9.17) is 8.37 Å². The lowest BCUT2D eigenvalue weighted by Gasteiger charge is -2.07. The summed E-state index contributed by atoms with van der Waals surface area (Å²) in [4.78, 5) is 0. The summed E-state index contributed by atoms with van der Waals surface area (Å²) in [6.45, 7) is 9.89. The Balaban J connectivity index is 3.27. The van der Waals surface area contributed by atoms with Gasteiger partial charge >= 0.3 is 10.4 Å². The van der Waals surface area contributed by atoms with Gasteiger partial charge < -0.3 is 0 Å². The van der Waals surface area contributed by atoms with Crippen LogP contribution in [0.1, 0.15) is 272 Å². The van der Waals surface area contributed by atoms with Gasteiger partial charge in [0.15, 0.2) is 0 Å². The first-order valence-electron chi connectivity index (χ1n) is 23.4. The molecule has 0 aliphatic rings. The molecular weight excluding hydrogens is 649 g/mol. The molecule has 0 aromatic carbocycles. The summed E-state index contributed by atoms with van der Waals surface area (Å²) in [7, 11) is -3.83. The lowest BCUT2D eigenvalue weighted by Crippen LogP contribution is -2.12. The highest BCUT2D eigenvalue weighted by molar-refractivity contribution is 7.81. The number of hydrogen-bond donors (Lipinski definition) is 0. The van der Waals surface area contributed by atoms with E-state index < -0.39 is 10.4 Å². The average Bonchev–Trinajstić information content (AvgIpc) is 3.12. The predicted octanol–water partition coefficient (Wildman–Crippen LogP) is 16.4. The smallest absolute Gasteiger partial charge is 0.248 e. The third-order valence-electron chi connectivity index (χ3n) is 11.5. The van der Waals surface area contributed by atoms with Crippen molar-refractivity contribution in [3.8, 4) is 0 Å². The van der Waals surface area contributed by atoms with Crippen molar-refractivity contribution < 1.29 is 16.8 Å². The van der Waals surface area contributed by atoms with Gasteiger partial charge in [0.05, 0.1) is 13.2 Å². The number of unbranched alkanes of at least 4 members (excludes halogenated alkanes) is 32. The van der Waals surface area contributed by atoms with Crippen LogP contribution in [0.3, 0.4) is 0 Å². The molecule has 2 atom stereocenters. The van der Waals surface area contributed by atoms with Crippen molar-refractivity contribution >= 4 is 10.4 Å². The molecule has 4 nitrogen and oxygen atoms in total. The first kappa shape index (κ1) is 50.9. The molecule has 0 saturated carbocycles. The van der Waals surface area contributed by atoms with Crippen molar-refractivity contribution in [1.82, 2.24) is 0 Å². The molecule has 0 aliphatic carbocycles. The summed E-state index contributed by atoms with van der Waals surface area (Å²) in [6, 6.07) is 0. The molecule has 5 heteroatoms. The van der Waals surface area contributed by atoms with E-state index in [9.17, 15) is 8.42 Å². The van der Waals surface area contributed by atoms with Crippen molar-refractivity contribution in [1.29, 1.82) is 0 Å². The average molecular weight is 743 g/mol. The maximum Gasteiger partial charge on any atom is 0.399 e. The van der Waals surface area contributed by atoms with Crippen LogP contribution in [0.15, 0.2) is 0 Å². The third-order valence-corrected chi connectivity index (χ3v) is 12.4. The van der Waals surface area contributed by atoms with Gasteiger partial charge in [0, 0.05) is 0 Å². The van der Waals surface area contributed by atoms with Crippen LogP contribution in [0.4, 0.5) is 0 Å². The minimum Gasteiger partial charge on any atom is -0.248 e. The van der Waals surface area contributed by atoms with Gasteiger partial charge in [-0.3, -0.25) is 0 Å². The lowest BCUT2D eigenvalue weighted by molar-refractivity contribution is 0.208. The van der Waals surface area contributed by atoms with E-state index in [0.29, 0.717) is 0 Å². The summed E-state index contributed by atoms with van der Waals surface area (Å²) in [6.07, 6.45) is 50.6. The fourth-order valence-electron chi connectivity index (χ4n) is 7.26. The van der Waals surface area contributed by atoms with Crippen molar-refractivity contribution in [3.63, 3.8) is 0 Å². The Kier molecular flexibility index (Phi) is 40.9. The van der Waals surface area contributed by atoms with Gasteiger partial charge in [-0.15, -0.1) is 0 Å². The van der Waals surface area contributed by atoms with Gasteiger partial charge in [-0.25, -0.2) is 8.37 Å². The van der Waals surface area contributed by atoms with Gasteiger partial charge in [-0.2, -0.15) is 8.42 Å². The molecule has 2 unspecified atom stereocenters. The molecule has 0 aromatic rings. The monoisotopic (exact) mass is 743 g/mol. The minimum atomic E-state index is -3.83. The zero-order valence-electron chi connectivity index (χ0n) is 35.5. The molecule has 308 valence electrons. The van der Waals surface area contributed by atoms with Crippen molar-refractivity contribution in [2.24, 2.45) is 11.8 Å². The van der Waals surface area contributed by atoms with Crippen LogP contribution < -0.4 is 0 Å². The first-order valence-corrected chi connectivity index (χ1v) is 24.8. The zero-order valence-corrected chi connectivity index (χ0v) is 36.3. The van der Waals surface area contributed by atoms with Crippen molar-refractivity contribution in [3.05, 3.63) is 0 Å². The molecule has 0 amide bonds. The van der Waals surface area contributed by atoms with Gasteiger partial charge in [-0.1, -0.05) is 259 Å².